The predicted molar refractivity (Wildman–Crippen MR) is 135 cm³/mol. The third-order valence-electron chi connectivity index (χ3n) is 9.86. The minimum Gasteiger partial charge on any atom is -0.481 e. The lowest BCUT2D eigenvalue weighted by Gasteiger charge is -2.56. The molecule has 0 aromatic heterocycles. The SMILES string of the molecule is CC(=O)OC(=CCC12CC3CC(CC(C3)C1)C2)[C@@H]1[C@@H]2CC(=CCCCC(=O)O)C[C@@H]2C[C@H]1OC(C)=O. The molecule has 0 aromatic carbocycles. The summed E-state index contributed by atoms with van der Waals surface area (Å²) in [4.78, 5) is 35.0. The summed E-state index contributed by atoms with van der Waals surface area (Å²) in [5.41, 5.74) is 1.71. The summed E-state index contributed by atoms with van der Waals surface area (Å²) < 4.78 is 11.7. The lowest BCUT2D eigenvalue weighted by atomic mass is 9.49. The Kier molecular flexibility index (Phi) is 7.33. The third kappa shape index (κ3) is 5.57. The molecule has 0 radical (unpaired) electrons. The maximum atomic E-state index is 12.2. The highest BCUT2D eigenvalue weighted by Crippen LogP contribution is 2.62. The number of ether oxygens (including phenoxy) is 2. The number of aliphatic carboxylic acids is 1. The van der Waals surface area contributed by atoms with Crippen molar-refractivity contribution in [2.45, 2.75) is 103 Å². The van der Waals surface area contributed by atoms with Gasteiger partial charge in [-0.25, -0.2) is 0 Å². The Labute approximate surface area is 214 Å². The Morgan fingerprint density at radius 1 is 0.972 bits per heavy atom. The van der Waals surface area contributed by atoms with Crippen LogP contribution in [-0.4, -0.2) is 29.1 Å². The van der Waals surface area contributed by atoms with E-state index in [1.807, 2.05) is 0 Å². The monoisotopic (exact) mass is 498 g/mol. The number of carbonyl (C=O) groups excluding carboxylic acids is 2. The molecule has 1 N–H and O–H groups in total. The fourth-order valence-corrected chi connectivity index (χ4v) is 9.16. The van der Waals surface area contributed by atoms with Gasteiger partial charge in [0.25, 0.3) is 0 Å². The summed E-state index contributed by atoms with van der Waals surface area (Å²) in [6.07, 6.45) is 17.5. The molecule has 4 bridgehead atoms. The smallest absolute Gasteiger partial charge is 0.307 e. The van der Waals surface area contributed by atoms with Gasteiger partial charge in [-0.15, -0.1) is 0 Å². The number of allylic oxidation sites excluding steroid dienone is 3. The maximum Gasteiger partial charge on any atom is 0.307 e. The maximum absolute atomic E-state index is 12.2. The van der Waals surface area contributed by atoms with Crippen LogP contribution in [0.4, 0.5) is 0 Å². The van der Waals surface area contributed by atoms with Crippen LogP contribution < -0.4 is 0 Å². The van der Waals surface area contributed by atoms with Gasteiger partial charge in [-0.2, -0.15) is 0 Å². The summed E-state index contributed by atoms with van der Waals surface area (Å²) in [6, 6.07) is 0. The molecule has 4 atom stereocenters. The van der Waals surface area contributed by atoms with Gasteiger partial charge < -0.3 is 14.6 Å². The summed E-state index contributed by atoms with van der Waals surface area (Å²) >= 11 is 0. The van der Waals surface area contributed by atoms with Crippen molar-refractivity contribution in [3.05, 3.63) is 23.5 Å². The molecule has 0 saturated heterocycles. The van der Waals surface area contributed by atoms with Gasteiger partial charge in [-0.3, -0.25) is 14.4 Å². The van der Waals surface area contributed by atoms with E-state index in [4.69, 9.17) is 14.6 Å². The fraction of sp³-hybridized carbons (Fsp3) is 0.767. The molecular weight excluding hydrogens is 456 g/mol. The Hall–Kier alpha value is -2.11. The van der Waals surface area contributed by atoms with E-state index in [0.717, 1.165) is 55.6 Å². The second-order valence-corrected chi connectivity index (χ2v) is 12.7. The molecule has 198 valence electrons. The molecule has 0 aromatic rings. The highest BCUT2D eigenvalue weighted by Gasteiger charge is 2.52. The van der Waals surface area contributed by atoms with E-state index in [1.54, 1.807) is 0 Å². The third-order valence-corrected chi connectivity index (χ3v) is 9.86. The zero-order valence-electron chi connectivity index (χ0n) is 21.9. The number of carbonyl (C=O) groups is 3. The standard InChI is InChI=1S/C30H42O6/c1-18(31)35-26(7-8-30-15-21-9-22(16-30)11-23(10-21)17-30)29-25-13-20(5-3-4-6-28(33)34)12-24(25)14-27(29)36-19(2)32/h5,7,21-25,27,29H,3-4,6,8-17H2,1-2H3,(H,33,34)/t21?,22?,23?,24-,25-,27-,29+,30?/m1/s1. The average Bonchev–Trinajstić information content (AvgIpc) is 3.29. The molecule has 36 heavy (non-hydrogen) atoms. The molecule has 0 amide bonds. The van der Waals surface area contributed by atoms with Gasteiger partial charge in [-0.1, -0.05) is 11.6 Å². The van der Waals surface area contributed by atoms with Gasteiger partial charge in [0.1, 0.15) is 11.9 Å². The highest BCUT2D eigenvalue weighted by molar-refractivity contribution is 5.68. The molecule has 0 aliphatic heterocycles. The van der Waals surface area contributed by atoms with Crippen LogP contribution >= 0.6 is 0 Å². The van der Waals surface area contributed by atoms with E-state index in [-0.39, 0.29) is 36.3 Å². The van der Waals surface area contributed by atoms with Crippen LogP contribution in [-0.2, 0) is 23.9 Å². The molecule has 0 unspecified atom stereocenters. The topological polar surface area (TPSA) is 89.9 Å². The van der Waals surface area contributed by atoms with Crippen molar-refractivity contribution in [2.75, 3.05) is 0 Å². The predicted octanol–water partition coefficient (Wildman–Crippen LogP) is 6.20. The number of carboxylic acids is 1. The van der Waals surface area contributed by atoms with Gasteiger partial charge in [0, 0.05) is 20.3 Å². The number of hydrogen-bond acceptors (Lipinski definition) is 5. The van der Waals surface area contributed by atoms with E-state index >= 15 is 0 Å². The van der Waals surface area contributed by atoms with E-state index in [2.05, 4.69) is 12.2 Å². The molecule has 6 saturated carbocycles. The number of fused-ring (bicyclic) bond motifs is 1. The van der Waals surface area contributed by atoms with Crippen LogP contribution in [0.2, 0.25) is 0 Å². The second-order valence-electron chi connectivity index (χ2n) is 12.7. The Morgan fingerprint density at radius 3 is 2.22 bits per heavy atom. The van der Waals surface area contributed by atoms with Crippen LogP contribution in [0.5, 0.6) is 0 Å². The molecular formula is C30H42O6. The van der Waals surface area contributed by atoms with Crippen LogP contribution in [0.25, 0.3) is 0 Å². The molecule has 6 heteroatoms. The number of carboxylic acid groups (broad SMARTS) is 1. The van der Waals surface area contributed by atoms with Gasteiger partial charge in [0.15, 0.2) is 0 Å². The number of rotatable bonds is 9. The lowest BCUT2D eigenvalue weighted by molar-refractivity contribution is -0.149. The van der Waals surface area contributed by atoms with Crippen molar-refractivity contribution in [2.24, 2.45) is 40.9 Å². The molecule has 6 fully saturated rings. The molecule has 0 heterocycles. The second kappa shape index (κ2) is 10.3. The van der Waals surface area contributed by atoms with Crippen LogP contribution in [0.1, 0.15) is 97.3 Å². The summed E-state index contributed by atoms with van der Waals surface area (Å²) in [5, 5.41) is 8.91. The summed E-state index contributed by atoms with van der Waals surface area (Å²) in [5.74, 6) is 2.57. The molecule has 6 aliphatic rings. The van der Waals surface area contributed by atoms with Gasteiger partial charge >= 0.3 is 17.9 Å². The first kappa shape index (κ1) is 25.5. The summed E-state index contributed by atoms with van der Waals surface area (Å²) in [7, 11) is 0. The van der Waals surface area contributed by atoms with Gasteiger partial charge in [0.05, 0.1) is 5.92 Å². The van der Waals surface area contributed by atoms with Crippen molar-refractivity contribution < 1.29 is 29.0 Å². The highest BCUT2D eigenvalue weighted by atomic mass is 16.6. The van der Waals surface area contributed by atoms with E-state index in [0.29, 0.717) is 17.8 Å². The normalized spacial score (nSPS) is 39.9. The molecule has 6 rings (SSSR count). The van der Waals surface area contributed by atoms with Crippen LogP contribution in [0.3, 0.4) is 0 Å². The van der Waals surface area contributed by atoms with E-state index < -0.39 is 5.97 Å². The van der Waals surface area contributed by atoms with Gasteiger partial charge in [0.2, 0.25) is 0 Å². The van der Waals surface area contributed by atoms with Crippen molar-refractivity contribution in [1.82, 2.24) is 0 Å². The first-order valence-electron chi connectivity index (χ1n) is 14.1. The average molecular weight is 499 g/mol. The van der Waals surface area contributed by atoms with Crippen molar-refractivity contribution in [3.8, 4) is 0 Å². The number of esters is 2. The molecule has 0 spiro atoms. The van der Waals surface area contributed by atoms with E-state index in [1.165, 1.54) is 57.9 Å². The first-order chi connectivity index (χ1) is 17.2. The fourth-order valence-electron chi connectivity index (χ4n) is 9.16. The molecule has 6 aliphatic carbocycles. The minimum absolute atomic E-state index is 0.0957. The van der Waals surface area contributed by atoms with E-state index in [9.17, 15) is 14.4 Å². The largest absolute Gasteiger partial charge is 0.481 e. The van der Waals surface area contributed by atoms with Gasteiger partial charge in [-0.05, 0) is 118 Å². The Morgan fingerprint density at radius 2 is 1.64 bits per heavy atom. The van der Waals surface area contributed by atoms with Crippen molar-refractivity contribution in [3.63, 3.8) is 0 Å². The minimum atomic E-state index is -0.754. The quantitative estimate of drug-likeness (QED) is 0.176. The van der Waals surface area contributed by atoms with Crippen molar-refractivity contribution >= 4 is 17.9 Å². The Balaban J connectivity index is 1.35. The van der Waals surface area contributed by atoms with Crippen molar-refractivity contribution in [1.29, 1.82) is 0 Å². The number of unbranched alkanes of at least 4 members (excludes halogenated alkanes) is 1. The summed E-state index contributed by atoms with van der Waals surface area (Å²) in [6.45, 7) is 2.93. The zero-order valence-corrected chi connectivity index (χ0v) is 21.9. The van der Waals surface area contributed by atoms with Crippen LogP contribution in [0, 0.1) is 40.9 Å². The first-order valence-corrected chi connectivity index (χ1v) is 14.1. The van der Waals surface area contributed by atoms with Crippen LogP contribution in [0.15, 0.2) is 23.5 Å². The number of hydrogen-bond donors (Lipinski definition) is 1. The molecule has 6 nitrogen and oxygen atoms in total. The lowest BCUT2D eigenvalue weighted by Crippen LogP contribution is -2.45. The Bertz CT molecular complexity index is 910. The zero-order chi connectivity index (χ0) is 25.4.